The molecular formula is C15H10ClN3OS. The summed E-state index contributed by atoms with van der Waals surface area (Å²) in [6.45, 7) is 0.651. The van der Waals surface area contributed by atoms with Gasteiger partial charge < -0.3 is 9.09 Å². The predicted molar refractivity (Wildman–Crippen MR) is 83.7 cm³/mol. The van der Waals surface area contributed by atoms with Crippen molar-refractivity contribution in [3.8, 4) is 10.6 Å². The smallest absolute Gasteiger partial charge is 0.177 e. The van der Waals surface area contributed by atoms with E-state index in [0.717, 1.165) is 31.7 Å². The fraction of sp³-hybridized carbons (Fsp3) is 0.0667. The Morgan fingerprint density at radius 2 is 2.19 bits per heavy atom. The second-order valence-electron chi connectivity index (χ2n) is 4.64. The first kappa shape index (κ1) is 12.6. The maximum atomic E-state index is 5.94. The molecule has 0 N–H and O–H groups in total. The third-order valence-corrected chi connectivity index (χ3v) is 4.49. The molecule has 21 heavy (non-hydrogen) atoms. The van der Waals surface area contributed by atoms with Crippen LogP contribution in [-0.2, 0) is 6.54 Å². The summed E-state index contributed by atoms with van der Waals surface area (Å²) < 4.78 is 8.24. The van der Waals surface area contributed by atoms with E-state index in [1.54, 1.807) is 6.20 Å². The lowest BCUT2D eigenvalue weighted by Gasteiger charge is -2.00. The van der Waals surface area contributed by atoms with E-state index in [-0.39, 0.29) is 0 Å². The predicted octanol–water partition coefficient (Wildman–Crippen LogP) is 4.45. The second-order valence-corrected chi connectivity index (χ2v) is 6.35. The molecule has 0 atom stereocenters. The van der Waals surface area contributed by atoms with Crippen molar-refractivity contribution < 1.29 is 4.52 Å². The Labute approximate surface area is 129 Å². The van der Waals surface area contributed by atoms with Crippen molar-refractivity contribution in [2.75, 3.05) is 0 Å². The van der Waals surface area contributed by atoms with E-state index >= 15 is 0 Å². The van der Waals surface area contributed by atoms with Gasteiger partial charge in [-0.25, -0.2) is 0 Å². The van der Waals surface area contributed by atoms with Gasteiger partial charge in [-0.1, -0.05) is 16.8 Å². The van der Waals surface area contributed by atoms with Crippen molar-refractivity contribution >= 4 is 34.0 Å². The van der Waals surface area contributed by atoms with Crippen LogP contribution in [0.1, 0.15) is 5.69 Å². The summed E-state index contributed by atoms with van der Waals surface area (Å²) in [5.41, 5.74) is 2.93. The van der Waals surface area contributed by atoms with Crippen molar-refractivity contribution in [3.63, 3.8) is 0 Å². The van der Waals surface area contributed by atoms with E-state index in [4.69, 9.17) is 16.1 Å². The monoisotopic (exact) mass is 315 g/mol. The van der Waals surface area contributed by atoms with Crippen LogP contribution in [0.5, 0.6) is 0 Å². The molecular weight excluding hydrogens is 306 g/mol. The molecule has 0 bridgehead atoms. The molecule has 0 aliphatic carbocycles. The molecule has 104 valence electrons. The van der Waals surface area contributed by atoms with Gasteiger partial charge in [-0.3, -0.25) is 4.98 Å². The summed E-state index contributed by atoms with van der Waals surface area (Å²) >= 11 is 7.42. The van der Waals surface area contributed by atoms with Crippen LogP contribution >= 0.6 is 22.9 Å². The highest BCUT2D eigenvalue weighted by Gasteiger charge is 2.10. The minimum Gasteiger partial charge on any atom is -0.355 e. The molecule has 0 aliphatic heterocycles. The first-order valence-electron chi connectivity index (χ1n) is 6.41. The highest BCUT2D eigenvalue weighted by molar-refractivity contribution is 7.19. The lowest BCUT2D eigenvalue weighted by atomic mass is 10.3. The van der Waals surface area contributed by atoms with Gasteiger partial charge >= 0.3 is 0 Å². The molecule has 0 saturated carbocycles. The maximum Gasteiger partial charge on any atom is 0.177 e. The van der Waals surface area contributed by atoms with Gasteiger partial charge in [-0.2, -0.15) is 0 Å². The van der Waals surface area contributed by atoms with Crippen LogP contribution in [0.4, 0.5) is 0 Å². The van der Waals surface area contributed by atoms with Crippen molar-refractivity contribution in [1.82, 2.24) is 14.7 Å². The molecule has 4 aromatic heterocycles. The number of fused-ring (bicyclic) bond motifs is 1. The van der Waals surface area contributed by atoms with Crippen LogP contribution in [0.3, 0.4) is 0 Å². The average molecular weight is 316 g/mol. The molecule has 6 heteroatoms. The summed E-state index contributed by atoms with van der Waals surface area (Å²) in [4.78, 5) is 5.31. The van der Waals surface area contributed by atoms with Crippen molar-refractivity contribution in [3.05, 3.63) is 58.8 Å². The largest absolute Gasteiger partial charge is 0.355 e. The minimum atomic E-state index is 0.651. The minimum absolute atomic E-state index is 0.651. The van der Waals surface area contributed by atoms with E-state index < -0.39 is 0 Å². The summed E-state index contributed by atoms with van der Waals surface area (Å²) in [5.74, 6) is 0.747. The number of hydrogen-bond donors (Lipinski definition) is 0. The van der Waals surface area contributed by atoms with Crippen LogP contribution in [0.15, 0.2) is 53.3 Å². The standard InChI is InChI=1S/C15H10ClN3OS/c16-15-4-3-14(21-15)13-8-10(18-20-13)9-19-7-5-11-12(19)2-1-6-17-11/h1-8H,9H2. The van der Waals surface area contributed by atoms with Crippen LogP contribution in [0.25, 0.3) is 21.7 Å². The first-order valence-corrected chi connectivity index (χ1v) is 7.60. The van der Waals surface area contributed by atoms with E-state index in [2.05, 4.69) is 14.7 Å². The van der Waals surface area contributed by atoms with Crippen molar-refractivity contribution in [2.24, 2.45) is 0 Å². The lowest BCUT2D eigenvalue weighted by Crippen LogP contribution is -1.97. The highest BCUT2D eigenvalue weighted by Crippen LogP contribution is 2.31. The molecule has 0 radical (unpaired) electrons. The Morgan fingerprint density at radius 1 is 1.24 bits per heavy atom. The Kier molecular flexibility index (Phi) is 3.02. The van der Waals surface area contributed by atoms with Gasteiger partial charge in [0.25, 0.3) is 0 Å². The zero-order valence-corrected chi connectivity index (χ0v) is 12.4. The summed E-state index contributed by atoms with van der Waals surface area (Å²) in [6, 6.07) is 11.7. The van der Waals surface area contributed by atoms with E-state index in [9.17, 15) is 0 Å². The molecule has 0 unspecified atom stereocenters. The molecule has 0 fully saturated rings. The second kappa shape index (κ2) is 5.02. The molecule has 0 spiro atoms. The fourth-order valence-corrected chi connectivity index (χ4v) is 3.27. The van der Waals surface area contributed by atoms with Crippen molar-refractivity contribution in [1.29, 1.82) is 0 Å². The summed E-state index contributed by atoms with van der Waals surface area (Å²) in [7, 11) is 0. The molecule has 4 aromatic rings. The van der Waals surface area contributed by atoms with Gasteiger partial charge in [0.05, 0.1) is 26.8 Å². The first-order chi connectivity index (χ1) is 10.3. The Hall–Kier alpha value is -2.11. The number of hydrogen-bond acceptors (Lipinski definition) is 4. The van der Waals surface area contributed by atoms with Crippen LogP contribution in [0, 0.1) is 0 Å². The zero-order chi connectivity index (χ0) is 14.2. The zero-order valence-electron chi connectivity index (χ0n) is 10.9. The van der Waals surface area contributed by atoms with E-state index in [0.29, 0.717) is 6.54 Å². The molecule has 4 rings (SSSR count). The normalized spacial score (nSPS) is 11.3. The maximum absolute atomic E-state index is 5.94. The van der Waals surface area contributed by atoms with Gasteiger partial charge in [0.15, 0.2) is 5.76 Å². The quantitative estimate of drug-likeness (QED) is 0.561. The van der Waals surface area contributed by atoms with Crippen LogP contribution in [-0.4, -0.2) is 14.7 Å². The highest BCUT2D eigenvalue weighted by atomic mass is 35.5. The molecule has 0 saturated heterocycles. The van der Waals surface area contributed by atoms with Gasteiger partial charge in [-0.15, -0.1) is 11.3 Å². The summed E-state index contributed by atoms with van der Waals surface area (Å²) in [6.07, 6.45) is 3.80. The molecule has 4 nitrogen and oxygen atoms in total. The lowest BCUT2D eigenvalue weighted by molar-refractivity contribution is 0.422. The topological polar surface area (TPSA) is 43.9 Å². The van der Waals surface area contributed by atoms with Crippen molar-refractivity contribution in [2.45, 2.75) is 6.54 Å². The molecule has 0 aromatic carbocycles. The number of thiophene rings is 1. The third kappa shape index (κ3) is 2.34. The Morgan fingerprint density at radius 3 is 3.05 bits per heavy atom. The Balaban J connectivity index is 1.64. The van der Waals surface area contributed by atoms with Gasteiger partial charge in [-0.05, 0) is 30.3 Å². The van der Waals surface area contributed by atoms with E-state index in [1.807, 2.05) is 42.6 Å². The van der Waals surface area contributed by atoms with Gasteiger partial charge in [0, 0.05) is 18.5 Å². The van der Waals surface area contributed by atoms with Gasteiger partial charge in [0.2, 0.25) is 0 Å². The van der Waals surface area contributed by atoms with E-state index in [1.165, 1.54) is 11.3 Å². The average Bonchev–Trinajstić information content (AvgIpc) is 3.20. The van der Waals surface area contributed by atoms with Crippen LogP contribution < -0.4 is 0 Å². The number of pyridine rings is 1. The number of aromatic nitrogens is 3. The van der Waals surface area contributed by atoms with Gasteiger partial charge in [0.1, 0.15) is 5.69 Å². The molecule has 0 amide bonds. The summed E-state index contributed by atoms with van der Waals surface area (Å²) in [5, 5.41) is 4.13. The van der Waals surface area contributed by atoms with Crippen LogP contribution in [0.2, 0.25) is 4.34 Å². The molecule has 4 heterocycles. The number of halogens is 1. The fourth-order valence-electron chi connectivity index (χ4n) is 2.28. The molecule has 0 aliphatic rings. The SMILES string of the molecule is Clc1ccc(-c2cc(Cn3ccc4ncccc43)no2)s1. The number of nitrogens with zero attached hydrogens (tertiary/aromatic N) is 3. The Bertz CT molecular complexity index is 908. The number of rotatable bonds is 3. The third-order valence-electron chi connectivity index (χ3n) is 3.25.